The summed E-state index contributed by atoms with van der Waals surface area (Å²) in [6, 6.07) is 0. The molecule has 0 aliphatic carbocycles. The minimum atomic E-state index is -1.21. The third-order valence-corrected chi connectivity index (χ3v) is 0.268. The first-order chi connectivity index (χ1) is 2.77. The van der Waals surface area contributed by atoms with Crippen LogP contribution in [0.2, 0.25) is 0 Å². The number of carbonyl (C=O) groups is 1. The molecular weight excluding hydrogens is 152 g/mol. The van der Waals surface area contributed by atoms with E-state index in [1.165, 1.54) is 0 Å². The molecule has 0 rings (SSSR count). The van der Waals surface area contributed by atoms with E-state index in [0.717, 1.165) is 0 Å². The summed E-state index contributed by atoms with van der Waals surface area (Å²) in [4.78, 5) is 9.38. The van der Waals surface area contributed by atoms with Crippen LogP contribution in [0.5, 0.6) is 0 Å². The van der Waals surface area contributed by atoms with Gasteiger partial charge >= 0.3 is 6.16 Å². The quantitative estimate of drug-likeness (QED) is 0.437. The number of rotatable bonds is 1. The Kier molecular flexibility index (Phi) is 85.8. The summed E-state index contributed by atoms with van der Waals surface area (Å²) in [5, 5.41) is 7.69. The van der Waals surface area contributed by atoms with Gasteiger partial charge in [-0.05, 0) is 6.92 Å². The minimum Gasteiger partial charge on any atom is -0.450 e. The standard InChI is InChI=1S/C3H6O3.BH3.3FH/c1-2-6-3(4)5;;;;/h2H2,1H3,(H,4,5);1H3;3*1H. The van der Waals surface area contributed by atoms with Crippen molar-refractivity contribution < 1.29 is 28.8 Å². The van der Waals surface area contributed by atoms with Gasteiger partial charge in [-0.25, -0.2) is 4.79 Å². The first-order valence-electron chi connectivity index (χ1n) is 1.63. The Labute approximate surface area is 58.0 Å². The number of carboxylic acid groups (broad SMARTS) is 1. The van der Waals surface area contributed by atoms with Gasteiger partial charge in [-0.2, -0.15) is 0 Å². The van der Waals surface area contributed by atoms with E-state index in [1.807, 2.05) is 0 Å². The highest BCUT2D eigenvalue weighted by Crippen LogP contribution is 1.69. The van der Waals surface area contributed by atoms with Gasteiger partial charge < -0.3 is 9.84 Å². The van der Waals surface area contributed by atoms with Crippen molar-refractivity contribution in [1.82, 2.24) is 0 Å². The maximum atomic E-state index is 9.38. The Hall–Kier alpha value is -0.875. The summed E-state index contributed by atoms with van der Waals surface area (Å²) in [7, 11) is 0. The van der Waals surface area contributed by atoms with E-state index >= 15 is 0 Å². The predicted octanol–water partition coefficient (Wildman–Crippen LogP) is -0.0255. The summed E-state index contributed by atoms with van der Waals surface area (Å²) in [5.74, 6) is 0. The molecule has 0 amide bonds. The molecule has 0 radical (unpaired) electrons. The van der Waals surface area contributed by atoms with Crippen LogP contribution in [0.3, 0.4) is 0 Å². The number of hydrogen-bond donors (Lipinski definition) is 1. The highest BCUT2D eigenvalue weighted by molar-refractivity contribution is 5.75. The number of ether oxygens (including phenoxy) is 1. The molecular formula is C3H12BF3O3. The van der Waals surface area contributed by atoms with Gasteiger partial charge in [0.1, 0.15) is 0 Å². The molecule has 10 heavy (non-hydrogen) atoms. The third kappa shape index (κ3) is 59.2. The topological polar surface area (TPSA) is 46.5 Å². The van der Waals surface area contributed by atoms with Crippen LogP contribution in [0.4, 0.5) is 18.9 Å². The van der Waals surface area contributed by atoms with Gasteiger partial charge in [0.05, 0.1) is 15.0 Å². The first kappa shape index (κ1) is 35.4. The molecule has 0 aromatic rings. The maximum Gasteiger partial charge on any atom is 0.505 e. The van der Waals surface area contributed by atoms with E-state index < -0.39 is 6.16 Å². The molecule has 0 bridgehead atoms. The fourth-order valence-corrected chi connectivity index (χ4v) is 0.123. The van der Waals surface area contributed by atoms with Crippen LogP contribution in [0.15, 0.2) is 0 Å². The van der Waals surface area contributed by atoms with Crippen molar-refractivity contribution in [2.75, 3.05) is 6.61 Å². The normalized spacial score (nSPS) is 4.50. The van der Waals surface area contributed by atoms with Crippen molar-refractivity contribution in [3.63, 3.8) is 0 Å². The van der Waals surface area contributed by atoms with Crippen LogP contribution in [-0.2, 0) is 4.74 Å². The highest BCUT2D eigenvalue weighted by atomic mass is 19.0. The molecule has 0 atom stereocenters. The van der Waals surface area contributed by atoms with E-state index in [2.05, 4.69) is 4.74 Å². The van der Waals surface area contributed by atoms with Gasteiger partial charge in [0.25, 0.3) is 0 Å². The molecule has 1 N–H and O–H groups in total. The molecule has 0 saturated carbocycles. The lowest BCUT2D eigenvalue weighted by Gasteiger charge is -1.87. The summed E-state index contributed by atoms with van der Waals surface area (Å²) >= 11 is 0. The van der Waals surface area contributed by atoms with Gasteiger partial charge in [-0.15, -0.1) is 0 Å². The molecule has 7 heteroatoms. The van der Waals surface area contributed by atoms with Crippen molar-refractivity contribution >= 4 is 14.6 Å². The molecule has 0 spiro atoms. The molecule has 0 aromatic carbocycles. The van der Waals surface area contributed by atoms with Gasteiger partial charge in [-0.1, -0.05) is 0 Å². The molecule has 66 valence electrons. The van der Waals surface area contributed by atoms with E-state index in [1.54, 1.807) is 6.92 Å². The Bertz CT molecular complexity index is 63.0. The maximum absolute atomic E-state index is 9.38. The summed E-state index contributed by atoms with van der Waals surface area (Å²) in [5.41, 5.74) is 0. The SMILES string of the molecule is B.CCOC(=O)O.F.F.F. The molecule has 0 saturated heterocycles. The molecule has 0 unspecified atom stereocenters. The van der Waals surface area contributed by atoms with Crippen LogP contribution in [0.1, 0.15) is 6.92 Å². The van der Waals surface area contributed by atoms with Gasteiger partial charge in [-0.3, -0.25) is 14.1 Å². The average molecular weight is 164 g/mol. The monoisotopic (exact) mass is 164 g/mol. The van der Waals surface area contributed by atoms with Crippen LogP contribution >= 0.6 is 0 Å². The lowest BCUT2D eigenvalue weighted by atomic mass is 10.8. The highest BCUT2D eigenvalue weighted by Gasteiger charge is 1.86. The van der Waals surface area contributed by atoms with Crippen molar-refractivity contribution in [1.29, 1.82) is 0 Å². The predicted molar refractivity (Wildman–Crippen MR) is 37.1 cm³/mol. The van der Waals surface area contributed by atoms with E-state index in [4.69, 9.17) is 5.11 Å². The van der Waals surface area contributed by atoms with Crippen LogP contribution in [0.25, 0.3) is 0 Å². The zero-order valence-corrected chi connectivity index (χ0v) is 4.70. The smallest absolute Gasteiger partial charge is 0.450 e. The lowest BCUT2D eigenvalue weighted by Crippen LogP contribution is -1.97. The largest absolute Gasteiger partial charge is 0.505 e. The van der Waals surface area contributed by atoms with Crippen molar-refractivity contribution in [2.45, 2.75) is 6.92 Å². The second-order valence-electron chi connectivity index (χ2n) is 0.699. The van der Waals surface area contributed by atoms with Gasteiger partial charge in [0.2, 0.25) is 0 Å². The Morgan fingerprint density at radius 1 is 1.40 bits per heavy atom. The zero-order valence-electron chi connectivity index (χ0n) is 4.70. The number of halogens is 3. The third-order valence-electron chi connectivity index (χ3n) is 0.268. The second kappa shape index (κ2) is 24.2. The van der Waals surface area contributed by atoms with Crippen molar-refractivity contribution in [2.24, 2.45) is 0 Å². The Balaban J connectivity index is -0.0000000208. The van der Waals surface area contributed by atoms with Gasteiger partial charge in [0.15, 0.2) is 0 Å². The molecule has 0 fully saturated rings. The summed E-state index contributed by atoms with van der Waals surface area (Å²) in [6.45, 7) is 1.85. The number of hydrogen-bond acceptors (Lipinski definition) is 2. The molecule has 0 aromatic heterocycles. The fraction of sp³-hybridized carbons (Fsp3) is 0.667. The molecule has 3 nitrogen and oxygen atoms in total. The first-order valence-corrected chi connectivity index (χ1v) is 1.63. The lowest BCUT2D eigenvalue weighted by molar-refractivity contribution is 0.0966. The minimum absolute atomic E-state index is 0. The molecule has 0 heterocycles. The molecule has 0 aliphatic rings. The van der Waals surface area contributed by atoms with Gasteiger partial charge in [0, 0.05) is 0 Å². The van der Waals surface area contributed by atoms with E-state index in [9.17, 15) is 4.79 Å². The average Bonchev–Trinajstić information content (AvgIpc) is 1.35. The molecule has 0 aliphatic heterocycles. The zero-order chi connectivity index (χ0) is 4.99. The second-order valence-corrected chi connectivity index (χ2v) is 0.699. The Morgan fingerprint density at radius 2 is 1.70 bits per heavy atom. The summed E-state index contributed by atoms with van der Waals surface area (Å²) < 4.78 is 3.96. The van der Waals surface area contributed by atoms with Crippen LogP contribution in [0, 0.1) is 0 Å². The van der Waals surface area contributed by atoms with Crippen molar-refractivity contribution in [3.05, 3.63) is 0 Å². The van der Waals surface area contributed by atoms with E-state index in [0.29, 0.717) is 0 Å². The fourth-order valence-electron chi connectivity index (χ4n) is 0.123. The van der Waals surface area contributed by atoms with Crippen LogP contribution < -0.4 is 0 Å². The van der Waals surface area contributed by atoms with Crippen LogP contribution in [-0.4, -0.2) is 26.3 Å². The Morgan fingerprint density at radius 3 is 1.70 bits per heavy atom. The summed E-state index contributed by atoms with van der Waals surface area (Å²) in [6.07, 6.45) is -1.21. The van der Waals surface area contributed by atoms with Crippen molar-refractivity contribution in [3.8, 4) is 0 Å². The van der Waals surface area contributed by atoms with E-state index in [-0.39, 0.29) is 29.1 Å².